The highest BCUT2D eigenvalue weighted by molar-refractivity contribution is 5.76. The van der Waals surface area contributed by atoms with Gasteiger partial charge in [0.1, 0.15) is 6.21 Å². The molecule has 0 atom stereocenters. The summed E-state index contributed by atoms with van der Waals surface area (Å²) in [4.78, 5) is 3.77. The van der Waals surface area contributed by atoms with Gasteiger partial charge in [-0.3, -0.25) is 0 Å². The molecule has 0 radical (unpaired) electrons. The lowest BCUT2D eigenvalue weighted by atomic mass is 10.4. The van der Waals surface area contributed by atoms with E-state index in [0.717, 1.165) is 0 Å². The first-order valence-corrected chi connectivity index (χ1v) is 2.42. The molecule has 0 amide bonds. The van der Waals surface area contributed by atoms with Gasteiger partial charge in [-0.15, -0.1) is 0 Å². The van der Waals surface area contributed by atoms with Crippen molar-refractivity contribution < 1.29 is 9.62 Å². The molecule has 0 saturated heterocycles. The Kier molecular flexibility index (Phi) is 1.48. The highest BCUT2D eigenvalue weighted by atomic mass is 16.4. The van der Waals surface area contributed by atoms with Gasteiger partial charge in [0.05, 0.1) is 5.69 Å². The first kappa shape index (κ1) is 5.81. The number of oxime groups is 1. The van der Waals surface area contributed by atoms with Gasteiger partial charge in [-0.25, -0.2) is 4.98 Å². The number of nitrogens with zero attached hydrogens (tertiary/aromatic N) is 2. The molecule has 4 nitrogen and oxygen atoms in total. The molecule has 0 fully saturated rings. The molecule has 4 heteroatoms. The lowest BCUT2D eigenvalue weighted by molar-refractivity contribution is 0.320. The maximum atomic E-state index is 8.04. The van der Waals surface area contributed by atoms with E-state index >= 15 is 0 Å². The molecule has 1 heterocycles. The normalized spacial score (nSPS) is 10.8. The summed E-state index contributed by atoms with van der Waals surface area (Å²) in [6.07, 6.45) is 2.49. The van der Waals surface area contributed by atoms with Crippen LogP contribution in [0.4, 0.5) is 0 Å². The average Bonchev–Trinajstić information content (AvgIpc) is 2.18. The van der Waals surface area contributed by atoms with Crippen LogP contribution in [0.15, 0.2) is 16.0 Å². The molecule has 1 N–H and O–H groups in total. The van der Waals surface area contributed by atoms with Crippen molar-refractivity contribution in [2.24, 2.45) is 5.16 Å². The van der Waals surface area contributed by atoms with Crippen LogP contribution in [0, 0.1) is 6.92 Å². The molecule has 0 aliphatic carbocycles. The molecule has 0 saturated carbocycles. The standard InChI is InChI=1S/C5H6N2O2/c1-4-5(2-7-8)9-3-6-4/h2-3,8H,1H3/b7-2-. The zero-order chi connectivity index (χ0) is 6.69. The summed E-state index contributed by atoms with van der Waals surface area (Å²) in [6.45, 7) is 1.76. The third-order valence-electron chi connectivity index (χ3n) is 0.958. The first-order chi connectivity index (χ1) is 4.34. The lowest BCUT2D eigenvalue weighted by Gasteiger charge is -1.79. The van der Waals surface area contributed by atoms with E-state index < -0.39 is 0 Å². The third kappa shape index (κ3) is 1.07. The van der Waals surface area contributed by atoms with Crippen molar-refractivity contribution in [1.82, 2.24) is 4.98 Å². The van der Waals surface area contributed by atoms with Gasteiger partial charge in [-0.1, -0.05) is 5.16 Å². The maximum Gasteiger partial charge on any atom is 0.181 e. The van der Waals surface area contributed by atoms with Crippen LogP contribution in [0.25, 0.3) is 0 Å². The predicted octanol–water partition coefficient (Wildman–Crippen LogP) is 0.791. The summed E-state index contributed by atoms with van der Waals surface area (Å²) in [5, 5.41) is 10.8. The van der Waals surface area contributed by atoms with Crippen LogP contribution in [0.3, 0.4) is 0 Å². The Morgan fingerprint density at radius 2 is 2.67 bits per heavy atom. The van der Waals surface area contributed by atoms with Crippen LogP contribution >= 0.6 is 0 Å². The largest absolute Gasteiger partial charge is 0.442 e. The van der Waals surface area contributed by atoms with Gasteiger partial charge < -0.3 is 9.62 Å². The van der Waals surface area contributed by atoms with E-state index in [1.54, 1.807) is 6.92 Å². The van der Waals surface area contributed by atoms with E-state index in [-0.39, 0.29) is 0 Å². The first-order valence-electron chi connectivity index (χ1n) is 2.42. The molecule has 1 aromatic rings. The third-order valence-corrected chi connectivity index (χ3v) is 0.958. The van der Waals surface area contributed by atoms with Crippen molar-refractivity contribution in [2.45, 2.75) is 6.92 Å². The zero-order valence-corrected chi connectivity index (χ0v) is 4.90. The fraction of sp³-hybridized carbons (Fsp3) is 0.200. The fourth-order valence-electron chi connectivity index (χ4n) is 0.487. The number of aryl methyl sites for hydroxylation is 1. The summed E-state index contributed by atoms with van der Waals surface area (Å²) in [5.41, 5.74) is 0.716. The molecular formula is C5H6N2O2. The minimum Gasteiger partial charge on any atom is -0.442 e. The quantitative estimate of drug-likeness (QED) is 0.344. The minimum absolute atomic E-state index is 0.484. The van der Waals surface area contributed by atoms with Gasteiger partial charge >= 0.3 is 0 Å². The van der Waals surface area contributed by atoms with Gasteiger partial charge in [-0.05, 0) is 6.92 Å². The van der Waals surface area contributed by atoms with Crippen LogP contribution in [0.1, 0.15) is 11.5 Å². The Hall–Kier alpha value is -1.32. The molecule has 0 aliphatic heterocycles. The Labute approximate surface area is 51.8 Å². The number of aromatic nitrogens is 1. The van der Waals surface area contributed by atoms with Crippen LogP contribution in [0.5, 0.6) is 0 Å². The number of hydrogen-bond acceptors (Lipinski definition) is 4. The molecule has 1 rings (SSSR count). The van der Waals surface area contributed by atoms with E-state index in [1.165, 1.54) is 12.6 Å². The van der Waals surface area contributed by atoms with Crippen molar-refractivity contribution in [2.75, 3.05) is 0 Å². The Balaban J connectivity index is 2.94. The fourth-order valence-corrected chi connectivity index (χ4v) is 0.487. The van der Waals surface area contributed by atoms with Crippen LogP contribution in [0.2, 0.25) is 0 Å². The molecular weight excluding hydrogens is 120 g/mol. The van der Waals surface area contributed by atoms with Crippen LogP contribution in [-0.2, 0) is 0 Å². The minimum atomic E-state index is 0.484. The van der Waals surface area contributed by atoms with Gasteiger partial charge in [0.15, 0.2) is 12.2 Å². The summed E-state index contributed by atoms with van der Waals surface area (Å²) >= 11 is 0. The highest BCUT2D eigenvalue weighted by Gasteiger charge is 1.96. The Morgan fingerprint density at radius 3 is 3.11 bits per heavy atom. The monoisotopic (exact) mass is 126 g/mol. The Bertz CT molecular complexity index is 216. The number of hydrogen-bond donors (Lipinski definition) is 1. The smallest absolute Gasteiger partial charge is 0.181 e. The summed E-state index contributed by atoms with van der Waals surface area (Å²) < 4.78 is 4.78. The number of rotatable bonds is 1. The van der Waals surface area contributed by atoms with Crippen molar-refractivity contribution in [3.63, 3.8) is 0 Å². The highest BCUT2D eigenvalue weighted by Crippen LogP contribution is 1.99. The van der Waals surface area contributed by atoms with Crippen molar-refractivity contribution in [3.05, 3.63) is 17.8 Å². The predicted molar refractivity (Wildman–Crippen MR) is 30.6 cm³/mol. The molecule has 1 aromatic heterocycles. The van der Waals surface area contributed by atoms with Gasteiger partial charge in [-0.2, -0.15) is 0 Å². The summed E-state index contributed by atoms with van der Waals surface area (Å²) in [5.74, 6) is 0.484. The Morgan fingerprint density at radius 1 is 1.89 bits per heavy atom. The van der Waals surface area contributed by atoms with Gasteiger partial charge in [0.25, 0.3) is 0 Å². The molecule has 0 aliphatic rings. The van der Waals surface area contributed by atoms with Crippen LogP contribution < -0.4 is 0 Å². The molecule has 48 valence electrons. The SMILES string of the molecule is Cc1ncoc1/C=N\O. The van der Waals surface area contributed by atoms with E-state index in [2.05, 4.69) is 10.1 Å². The lowest BCUT2D eigenvalue weighted by Crippen LogP contribution is -1.79. The maximum absolute atomic E-state index is 8.04. The van der Waals surface area contributed by atoms with E-state index in [0.29, 0.717) is 11.5 Å². The van der Waals surface area contributed by atoms with E-state index in [4.69, 9.17) is 9.62 Å². The molecule has 9 heavy (non-hydrogen) atoms. The van der Waals surface area contributed by atoms with Crippen molar-refractivity contribution in [1.29, 1.82) is 0 Å². The second-order valence-electron chi connectivity index (χ2n) is 1.55. The second kappa shape index (κ2) is 2.30. The van der Waals surface area contributed by atoms with Crippen molar-refractivity contribution >= 4 is 6.21 Å². The van der Waals surface area contributed by atoms with Gasteiger partial charge in [0.2, 0.25) is 0 Å². The average molecular weight is 126 g/mol. The second-order valence-corrected chi connectivity index (χ2v) is 1.55. The van der Waals surface area contributed by atoms with Crippen molar-refractivity contribution in [3.8, 4) is 0 Å². The summed E-state index contributed by atoms with van der Waals surface area (Å²) in [6, 6.07) is 0. The molecule has 0 bridgehead atoms. The van der Waals surface area contributed by atoms with E-state index in [1.807, 2.05) is 0 Å². The van der Waals surface area contributed by atoms with Crippen LogP contribution in [-0.4, -0.2) is 16.4 Å². The zero-order valence-electron chi connectivity index (χ0n) is 4.90. The number of oxazole rings is 1. The van der Waals surface area contributed by atoms with Gasteiger partial charge in [0, 0.05) is 0 Å². The molecule has 0 spiro atoms. The molecule has 0 aromatic carbocycles. The summed E-state index contributed by atoms with van der Waals surface area (Å²) in [7, 11) is 0. The molecule has 0 unspecified atom stereocenters. The van der Waals surface area contributed by atoms with E-state index in [9.17, 15) is 0 Å². The topological polar surface area (TPSA) is 58.6 Å².